The number of nitrogens with zero attached hydrogens (tertiary/aromatic N) is 1. The number of nitrogens with one attached hydrogen (secondary N) is 1. The Morgan fingerprint density at radius 3 is 2.78 bits per heavy atom. The topological polar surface area (TPSA) is 49.4 Å². The monoisotopic (exact) mass is 308 g/mol. The molecular formula is C11H17ClN2O2S2. The second-order valence-corrected chi connectivity index (χ2v) is 8.15. The van der Waals surface area contributed by atoms with Gasteiger partial charge in [-0.3, -0.25) is 0 Å². The molecule has 1 aliphatic rings. The summed E-state index contributed by atoms with van der Waals surface area (Å²) in [5.41, 5.74) is 0.820. The first-order chi connectivity index (χ1) is 8.46. The highest BCUT2D eigenvalue weighted by atomic mass is 35.5. The standard InChI is InChI=1S/C11H17ClN2O2S2/c1-3-14(9-4-5-13-7-9)18(15,16)10-6-8(2)11(12)17-10/h6,9,13H,3-5,7H2,1-2H3. The van der Waals surface area contributed by atoms with Gasteiger partial charge in [-0.15, -0.1) is 11.3 Å². The van der Waals surface area contributed by atoms with Crippen molar-refractivity contribution < 1.29 is 8.42 Å². The first-order valence-electron chi connectivity index (χ1n) is 5.95. The van der Waals surface area contributed by atoms with Gasteiger partial charge in [0, 0.05) is 19.1 Å². The minimum Gasteiger partial charge on any atom is -0.315 e. The van der Waals surface area contributed by atoms with Crippen molar-refractivity contribution in [1.29, 1.82) is 0 Å². The first kappa shape index (κ1) is 14.3. The lowest BCUT2D eigenvalue weighted by Gasteiger charge is -2.25. The highest BCUT2D eigenvalue weighted by Crippen LogP contribution is 2.33. The summed E-state index contributed by atoms with van der Waals surface area (Å²) >= 11 is 7.11. The van der Waals surface area contributed by atoms with Crippen LogP contribution in [0.5, 0.6) is 0 Å². The van der Waals surface area contributed by atoms with E-state index in [1.54, 1.807) is 10.4 Å². The Bertz CT molecular complexity index is 502. The molecule has 1 aliphatic heterocycles. The van der Waals surface area contributed by atoms with Gasteiger partial charge in [-0.1, -0.05) is 18.5 Å². The molecule has 1 N–H and O–H groups in total. The van der Waals surface area contributed by atoms with Gasteiger partial charge in [-0.2, -0.15) is 4.31 Å². The molecule has 2 rings (SSSR count). The van der Waals surface area contributed by atoms with E-state index in [4.69, 9.17) is 11.6 Å². The summed E-state index contributed by atoms with van der Waals surface area (Å²) < 4.78 is 27.6. The molecule has 4 nitrogen and oxygen atoms in total. The summed E-state index contributed by atoms with van der Waals surface area (Å²) in [5, 5.41) is 3.20. The summed E-state index contributed by atoms with van der Waals surface area (Å²) in [6.07, 6.45) is 0.866. The molecule has 1 unspecified atom stereocenters. The Balaban J connectivity index is 2.33. The molecule has 1 aromatic heterocycles. The van der Waals surface area contributed by atoms with Gasteiger partial charge in [0.05, 0.1) is 4.34 Å². The molecule has 0 bridgehead atoms. The largest absolute Gasteiger partial charge is 0.315 e. The number of aryl methyl sites for hydroxylation is 1. The number of halogens is 1. The number of hydrogen-bond donors (Lipinski definition) is 1. The third-order valence-electron chi connectivity index (χ3n) is 3.15. The fourth-order valence-electron chi connectivity index (χ4n) is 2.18. The number of hydrogen-bond acceptors (Lipinski definition) is 4. The molecule has 0 aliphatic carbocycles. The van der Waals surface area contributed by atoms with Crippen molar-refractivity contribution in [2.24, 2.45) is 0 Å². The van der Waals surface area contributed by atoms with E-state index < -0.39 is 10.0 Å². The van der Waals surface area contributed by atoms with Crippen molar-refractivity contribution in [3.63, 3.8) is 0 Å². The zero-order chi connectivity index (χ0) is 13.3. The van der Waals surface area contributed by atoms with Gasteiger partial charge in [-0.05, 0) is 31.5 Å². The van der Waals surface area contributed by atoms with E-state index in [-0.39, 0.29) is 6.04 Å². The molecule has 102 valence electrons. The predicted octanol–water partition coefficient (Wildman–Crippen LogP) is 2.08. The molecular weight excluding hydrogens is 292 g/mol. The van der Waals surface area contributed by atoms with Gasteiger partial charge in [0.1, 0.15) is 4.21 Å². The fourth-order valence-corrected chi connectivity index (χ4v) is 5.69. The van der Waals surface area contributed by atoms with Gasteiger partial charge in [0.2, 0.25) is 0 Å². The molecule has 0 spiro atoms. The smallest absolute Gasteiger partial charge is 0.252 e. The van der Waals surface area contributed by atoms with Gasteiger partial charge in [0.15, 0.2) is 0 Å². The third kappa shape index (κ3) is 2.58. The van der Waals surface area contributed by atoms with Crippen LogP contribution >= 0.6 is 22.9 Å². The summed E-state index contributed by atoms with van der Waals surface area (Å²) in [5.74, 6) is 0. The molecule has 1 atom stereocenters. The summed E-state index contributed by atoms with van der Waals surface area (Å²) in [6.45, 7) is 5.79. The maximum Gasteiger partial charge on any atom is 0.252 e. The quantitative estimate of drug-likeness (QED) is 0.926. The fraction of sp³-hybridized carbons (Fsp3) is 0.636. The lowest BCUT2D eigenvalue weighted by molar-refractivity contribution is 0.349. The van der Waals surface area contributed by atoms with Crippen LogP contribution in [0.4, 0.5) is 0 Å². The second-order valence-electron chi connectivity index (χ2n) is 4.38. The molecule has 0 aromatic carbocycles. The van der Waals surface area contributed by atoms with Crippen molar-refractivity contribution in [3.8, 4) is 0 Å². The zero-order valence-electron chi connectivity index (χ0n) is 10.4. The molecule has 2 heterocycles. The molecule has 7 heteroatoms. The molecule has 0 saturated carbocycles. The van der Waals surface area contributed by atoms with E-state index in [2.05, 4.69) is 5.32 Å². The number of thiophene rings is 1. The predicted molar refractivity (Wildman–Crippen MR) is 74.9 cm³/mol. The van der Waals surface area contributed by atoms with E-state index in [0.29, 0.717) is 15.1 Å². The van der Waals surface area contributed by atoms with Crippen molar-refractivity contribution in [1.82, 2.24) is 9.62 Å². The van der Waals surface area contributed by atoms with Gasteiger partial charge in [0.25, 0.3) is 10.0 Å². The summed E-state index contributed by atoms with van der Waals surface area (Å²) in [6, 6.07) is 1.72. The van der Waals surface area contributed by atoms with Crippen molar-refractivity contribution >= 4 is 33.0 Å². The van der Waals surface area contributed by atoms with Crippen LogP contribution in [0.1, 0.15) is 18.9 Å². The van der Waals surface area contributed by atoms with Crippen LogP contribution in [0.25, 0.3) is 0 Å². The normalized spacial score (nSPS) is 20.8. The minimum absolute atomic E-state index is 0.0566. The van der Waals surface area contributed by atoms with Crippen LogP contribution in [0, 0.1) is 6.92 Å². The number of rotatable bonds is 4. The Morgan fingerprint density at radius 2 is 2.33 bits per heavy atom. The maximum absolute atomic E-state index is 12.6. The van der Waals surface area contributed by atoms with E-state index in [9.17, 15) is 8.42 Å². The van der Waals surface area contributed by atoms with Crippen LogP contribution in [-0.4, -0.2) is 38.4 Å². The lowest BCUT2D eigenvalue weighted by Crippen LogP contribution is -2.41. The Kier molecular flexibility index (Phi) is 4.33. The van der Waals surface area contributed by atoms with Crippen LogP contribution in [-0.2, 0) is 10.0 Å². The lowest BCUT2D eigenvalue weighted by atomic mass is 10.3. The van der Waals surface area contributed by atoms with Crippen LogP contribution in [0.2, 0.25) is 4.34 Å². The van der Waals surface area contributed by atoms with Crippen molar-refractivity contribution in [3.05, 3.63) is 16.0 Å². The number of likely N-dealkylation sites (N-methyl/N-ethyl adjacent to an activating group) is 1. The zero-order valence-corrected chi connectivity index (χ0v) is 12.8. The molecule has 0 amide bonds. The molecule has 18 heavy (non-hydrogen) atoms. The maximum atomic E-state index is 12.6. The van der Waals surface area contributed by atoms with E-state index in [1.165, 1.54) is 0 Å². The highest BCUT2D eigenvalue weighted by Gasteiger charge is 2.33. The Labute approximate surface area is 117 Å². The van der Waals surface area contributed by atoms with E-state index >= 15 is 0 Å². The highest BCUT2D eigenvalue weighted by molar-refractivity contribution is 7.91. The summed E-state index contributed by atoms with van der Waals surface area (Å²) in [4.78, 5) is 0. The van der Waals surface area contributed by atoms with Gasteiger partial charge < -0.3 is 5.32 Å². The molecule has 1 saturated heterocycles. The Morgan fingerprint density at radius 1 is 1.61 bits per heavy atom. The minimum atomic E-state index is -3.41. The average molecular weight is 309 g/mol. The van der Waals surface area contributed by atoms with E-state index in [1.807, 2.05) is 13.8 Å². The van der Waals surface area contributed by atoms with Gasteiger partial charge in [-0.25, -0.2) is 8.42 Å². The molecule has 0 radical (unpaired) electrons. The molecule has 1 fully saturated rings. The Hall–Kier alpha value is -0.140. The summed E-state index contributed by atoms with van der Waals surface area (Å²) in [7, 11) is -3.41. The van der Waals surface area contributed by atoms with Crippen LogP contribution in [0.3, 0.4) is 0 Å². The third-order valence-corrected chi connectivity index (χ3v) is 7.18. The van der Waals surface area contributed by atoms with Crippen LogP contribution in [0.15, 0.2) is 10.3 Å². The SMILES string of the molecule is CCN(C1CCNC1)S(=O)(=O)c1cc(C)c(Cl)s1. The average Bonchev–Trinajstić information content (AvgIpc) is 2.91. The van der Waals surface area contributed by atoms with Crippen LogP contribution < -0.4 is 5.32 Å². The second kappa shape index (κ2) is 5.46. The first-order valence-corrected chi connectivity index (χ1v) is 8.58. The number of sulfonamides is 1. The van der Waals surface area contributed by atoms with E-state index in [0.717, 1.165) is 36.4 Å². The van der Waals surface area contributed by atoms with Crippen molar-refractivity contribution in [2.75, 3.05) is 19.6 Å². The molecule has 1 aromatic rings. The van der Waals surface area contributed by atoms with Gasteiger partial charge >= 0.3 is 0 Å². The van der Waals surface area contributed by atoms with Crippen molar-refractivity contribution in [2.45, 2.75) is 30.5 Å².